The number of methoxy groups -OCH3 is 1. The number of benzene rings is 2. The van der Waals surface area contributed by atoms with Crippen molar-refractivity contribution < 1.29 is 4.74 Å². The second kappa shape index (κ2) is 7.68. The summed E-state index contributed by atoms with van der Waals surface area (Å²) < 4.78 is 7.30. The molecule has 0 radical (unpaired) electrons. The molecule has 2 heterocycles. The van der Waals surface area contributed by atoms with Crippen LogP contribution in [0.2, 0.25) is 0 Å². The van der Waals surface area contributed by atoms with Gasteiger partial charge in [-0.05, 0) is 12.5 Å². The quantitative estimate of drug-likeness (QED) is 0.548. The summed E-state index contributed by atoms with van der Waals surface area (Å²) in [6, 6.07) is 18.3. The van der Waals surface area contributed by atoms with Gasteiger partial charge in [-0.2, -0.15) is 5.10 Å². The van der Waals surface area contributed by atoms with Crippen molar-refractivity contribution in [3.63, 3.8) is 0 Å². The summed E-state index contributed by atoms with van der Waals surface area (Å²) >= 11 is 0. The highest BCUT2D eigenvalue weighted by Gasteiger charge is 2.16. The van der Waals surface area contributed by atoms with Crippen molar-refractivity contribution >= 4 is 16.9 Å². The molecule has 6 nitrogen and oxygen atoms in total. The molecule has 6 heteroatoms. The van der Waals surface area contributed by atoms with Gasteiger partial charge in [-0.1, -0.05) is 55.5 Å². The average Bonchev–Trinajstić information content (AvgIpc) is 3.06. The Balaban J connectivity index is 1.73. The fourth-order valence-electron chi connectivity index (χ4n) is 3.46. The molecule has 0 saturated heterocycles. The first kappa shape index (κ1) is 18.0. The van der Waals surface area contributed by atoms with E-state index in [0.29, 0.717) is 12.5 Å². The first-order valence-electron chi connectivity index (χ1n) is 9.36. The lowest BCUT2D eigenvalue weighted by molar-refractivity contribution is 0.369. The minimum Gasteiger partial charge on any atom is -0.481 e. The maximum Gasteiger partial charge on any atom is 0.224 e. The Morgan fingerprint density at radius 1 is 1.00 bits per heavy atom. The molecule has 0 aliphatic carbocycles. The monoisotopic (exact) mass is 373 g/mol. The summed E-state index contributed by atoms with van der Waals surface area (Å²) in [5, 5.41) is 8.94. The normalized spacial score (nSPS) is 11.0. The summed E-state index contributed by atoms with van der Waals surface area (Å²) in [6.07, 6.45) is 0.835. The highest BCUT2D eigenvalue weighted by Crippen LogP contribution is 2.28. The van der Waals surface area contributed by atoms with Crippen LogP contribution < -0.4 is 10.1 Å². The zero-order valence-electron chi connectivity index (χ0n) is 16.3. The van der Waals surface area contributed by atoms with Gasteiger partial charge in [0.2, 0.25) is 11.8 Å². The first-order chi connectivity index (χ1) is 13.7. The number of nitrogens with zero attached hydrogens (tertiary/aromatic N) is 4. The molecule has 28 heavy (non-hydrogen) atoms. The Bertz CT molecular complexity index is 1100. The van der Waals surface area contributed by atoms with Gasteiger partial charge in [0.1, 0.15) is 0 Å². The van der Waals surface area contributed by atoms with E-state index in [9.17, 15) is 0 Å². The van der Waals surface area contributed by atoms with Crippen LogP contribution >= 0.6 is 0 Å². The van der Waals surface area contributed by atoms with E-state index >= 15 is 0 Å². The lowest BCUT2D eigenvalue weighted by Gasteiger charge is -2.11. The minimum absolute atomic E-state index is 0.548. The van der Waals surface area contributed by atoms with E-state index in [1.165, 1.54) is 0 Å². The maximum absolute atomic E-state index is 5.53. The smallest absolute Gasteiger partial charge is 0.224 e. The van der Waals surface area contributed by atoms with E-state index in [2.05, 4.69) is 35.5 Å². The number of anilines is 1. The largest absolute Gasteiger partial charge is 0.481 e. The highest BCUT2D eigenvalue weighted by molar-refractivity contribution is 5.93. The van der Waals surface area contributed by atoms with Crippen LogP contribution in [0.3, 0.4) is 0 Å². The second-order valence-electron chi connectivity index (χ2n) is 6.54. The number of hydrogen-bond donors (Lipinski definition) is 1. The molecule has 0 spiro atoms. The van der Waals surface area contributed by atoms with Gasteiger partial charge in [-0.3, -0.25) is 0 Å². The number of nitrogens with one attached hydrogen (secondary N) is 1. The van der Waals surface area contributed by atoms with Crippen molar-refractivity contribution in [1.82, 2.24) is 19.7 Å². The van der Waals surface area contributed by atoms with Gasteiger partial charge in [-0.15, -0.1) is 0 Å². The number of aryl methyl sites for hydroxylation is 2. The van der Waals surface area contributed by atoms with Crippen molar-refractivity contribution in [2.45, 2.75) is 19.9 Å². The molecule has 0 saturated carbocycles. The zero-order valence-corrected chi connectivity index (χ0v) is 16.3. The molecule has 1 N–H and O–H groups in total. The highest BCUT2D eigenvalue weighted by atomic mass is 16.5. The number of aromatic nitrogens is 4. The molecule has 2 aromatic carbocycles. The zero-order chi connectivity index (χ0) is 19.5. The van der Waals surface area contributed by atoms with Gasteiger partial charge >= 0.3 is 0 Å². The molecule has 4 aromatic rings. The van der Waals surface area contributed by atoms with Crippen LogP contribution in [0.1, 0.15) is 18.2 Å². The Labute approximate surface area is 164 Å². The molecule has 0 unspecified atom stereocenters. The van der Waals surface area contributed by atoms with Gasteiger partial charge in [0.05, 0.1) is 36.1 Å². The maximum atomic E-state index is 5.53. The minimum atomic E-state index is 0.548. The second-order valence-corrected chi connectivity index (χ2v) is 6.54. The van der Waals surface area contributed by atoms with E-state index in [1.54, 1.807) is 11.8 Å². The molecular formula is C22H23N5O. The van der Waals surface area contributed by atoms with Crippen molar-refractivity contribution in [1.29, 1.82) is 0 Å². The van der Waals surface area contributed by atoms with Gasteiger partial charge in [-0.25, -0.2) is 14.6 Å². The molecule has 4 rings (SSSR count). The van der Waals surface area contributed by atoms with Crippen LogP contribution in [0.25, 0.3) is 22.2 Å². The van der Waals surface area contributed by atoms with Crippen molar-refractivity contribution in [3.8, 4) is 17.1 Å². The van der Waals surface area contributed by atoms with Crippen LogP contribution in [-0.2, 0) is 20.0 Å². The number of ether oxygens (including phenoxy) is 1. The number of hydrogen-bond acceptors (Lipinski definition) is 5. The Hall–Kier alpha value is -3.41. The van der Waals surface area contributed by atoms with E-state index in [4.69, 9.17) is 14.7 Å². The third-order valence-corrected chi connectivity index (χ3v) is 4.77. The third-order valence-electron chi connectivity index (χ3n) is 4.77. The summed E-state index contributed by atoms with van der Waals surface area (Å²) in [7, 11) is 3.56. The van der Waals surface area contributed by atoms with Gasteiger partial charge < -0.3 is 10.1 Å². The van der Waals surface area contributed by atoms with Crippen molar-refractivity contribution in [2.24, 2.45) is 7.05 Å². The molecule has 0 aliphatic rings. The summed E-state index contributed by atoms with van der Waals surface area (Å²) in [5.41, 5.74) is 4.94. The summed E-state index contributed by atoms with van der Waals surface area (Å²) in [6.45, 7) is 2.64. The van der Waals surface area contributed by atoms with Crippen LogP contribution in [0.5, 0.6) is 5.88 Å². The van der Waals surface area contributed by atoms with Crippen molar-refractivity contribution in [3.05, 3.63) is 65.9 Å². The lowest BCUT2D eigenvalue weighted by Crippen LogP contribution is -2.07. The molecule has 142 valence electrons. The standard InChI is InChI=1S/C22H23N5O/c1-4-18-17(21(28-3)27(2)26-18)14-23-22-24-19-13-9-8-12-16(19)20(25-22)15-10-6-5-7-11-15/h5-13H,4,14H2,1-3H3,(H,23,24,25). The SMILES string of the molecule is CCc1nn(C)c(OC)c1CNc1nc(-c2ccccc2)c2ccccc2n1. The van der Waals surface area contributed by atoms with E-state index < -0.39 is 0 Å². The fourth-order valence-corrected chi connectivity index (χ4v) is 3.46. The number of fused-ring (bicyclic) bond motifs is 1. The molecule has 0 atom stereocenters. The van der Waals surface area contributed by atoms with Crippen LogP contribution in [-0.4, -0.2) is 26.9 Å². The van der Waals surface area contributed by atoms with E-state index in [-0.39, 0.29) is 0 Å². The van der Waals surface area contributed by atoms with Crippen LogP contribution in [0.4, 0.5) is 5.95 Å². The van der Waals surface area contributed by atoms with Crippen LogP contribution in [0.15, 0.2) is 54.6 Å². The van der Waals surface area contributed by atoms with E-state index in [0.717, 1.165) is 45.7 Å². The first-order valence-corrected chi connectivity index (χ1v) is 9.36. The number of rotatable bonds is 6. The predicted octanol–water partition coefficient (Wildman–Crippen LogP) is 4.21. The predicted molar refractivity (Wildman–Crippen MR) is 111 cm³/mol. The number of para-hydroxylation sites is 1. The van der Waals surface area contributed by atoms with E-state index in [1.807, 2.05) is 43.4 Å². The summed E-state index contributed by atoms with van der Waals surface area (Å²) in [5.74, 6) is 1.35. The Kier molecular flexibility index (Phi) is 4.93. The Morgan fingerprint density at radius 2 is 1.75 bits per heavy atom. The summed E-state index contributed by atoms with van der Waals surface area (Å²) in [4.78, 5) is 9.52. The third kappa shape index (κ3) is 3.29. The van der Waals surface area contributed by atoms with Crippen LogP contribution in [0, 0.1) is 0 Å². The lowest BCUT2D eigenvalue weighted by atomic mass is 10.1. The topological polar surface area (TPSA) is 64.9 Å². The van der Waals surface area contributed by atoms with Gasteiger partial charge in [0.15, 0.2) is 0 Å². The molecular weight excluding hydrogens is 350 g/mol. The molecule has 0 amide bonds. The van der Waals surface area contributed by atoms with Gasteiger partial charge in [0.25, 0.3) is 0 Å². The van der Waals surface area contributed by atoms with Gasteiger partial charge in [0, 0.05) is 18.0 Å². The molecule has 0 fully saturated rings. The Morgan fingerprint density at radius 3 is 2.50 bits per heavy atom. The molecule has 2 aromatic heterocycles. The van der Waals surface area contributed by atoms with Crippen molar-refractivity contribution in [2.75, 3.05) is 12.4 Å². The fraction of sp³-hybridized carbons (Fsp3) is 0.227. The average molecular weight is 373 g/mol. The molecule has 0 aliphatic heterocycles. The molecule has 0 bridgehead atoms.